The maximum Gasteiger partial charge on any atom is 0.273 e. The van der Waals surface area contributed by atoms with Crippen molar-refractivity contribution in [1.29, 1.82) is 5.26 Å². The molecule has 0 spiro atoms. The van der Waals surface area contributed by atoms with Gasteiger partial charge in [0.05, 0.1) is 36.3 Å². The Hall–Kier alpha value is -3.31. The number of anilines is 1. The molecule has 1 aromatic heterocycles. The topological polar surface area (TPSA) is 80.1 Å². The number of hydrogen-bond donors (Lipinski definition) is 1. The van der Waals surface area contributed by atoms with Gasteiger partial charge in [0.15, 0.2) is 0 Å². The van der Waals surface area contributed by atoms with Crippen LogP contribution in [0.5, 0.6) is 5.75 Å². The van der Waals surface area contributed by atoms with Gasteiger partial charge in [0, 0.05) is 41.5 Å². The molecule has 2 unspecified atom stereocenters. The lowest BCUT2D eigenvalue weighted by molar-refractivity contribution is -0.0124. The number of nitrogens with one attached hydrogen (secondary N) is 1. The van der Waals surface area contributed by atoms with Crippen molar-refractivity contribution in [2.24, 2.45) is 5.92 Å². The van der Waals surface area contributed by atoms with Gasteiger partial charge in [-0.05, 0) is 43.9 Å². The number of ether oxygens (including phenoxy) is 2. The van der Waals surface area contributed by atoms with E-state index < -0.39 is 11.3 Å². The summed E-state index contributed by atoms with van der Waals surface area (Å²) in [6.07, 6.45) is 0.800. The Morgan fingerprint density at radius 3 is 2.86 bits per heavy atom. The van der Waals surface area contributed by atoms with Crippen LogP contribution in [0.1, 0.15) is 53.9 Å². The van der Waals surface area contributed by atoms with Gasteiger partial charge in [-0.3, -0.25) is 0 Å². The van der Waals surface area contributed by atoms with Crippen LogP contribution in [-0.2, 0) is 22.5 Å². The Morgan fingerprint density at radius 1 is 1.17 bits per heavy atom. The fourth-order valence-electron chi connectivity index (χ4n) is 5.93. The summed E-state index contributed by atoms with van der Waals surface area (Å²) in [4.78, 5) is 9.29. The Balaban J connectivity index is 1.44. The molecule has 2 aliphatic heterocycles. The van der Waals surface area contributed by atoms with Crippen molar-refractivity contribution in [2.75, 3.05) is 25.1 Å². The van der Waals surface area contributed by atoms with Gasteiger partial charge in [-0.1, -0.05) is 18.2 Å². The fraction of sp³-hybridized carbons (Fsp3) is 0.444. The van der Waals surface area contributed by atoms with Crippen molar-refractivity contribution in [2.45, 2.75) is 50.5 Å². The van der Waals surface area contributed by atoms with Gasteiger partial charge in [0.2, 0.25) is 0 Å². The third-order valence-corrected chi connectivity index (χ3v) is 7.80. The molecule has 0 saturated carbocycles. The zero-order valence-corrected chi connectivity index (χ0v) is 19.7. The summed E-state index contributed by atoms with van der Waals surface area (Å²) in [5, 5.41) is 14.5. The molecule has 6 nitrogen and oxygen atoms in total. The molecule has 0 bridgehead atoms. The lowest BCUT2D eigenvalue weighted by Crippen LogP contribution is -2.47. The maximum absolute atomic E-state index is 14.3. The van der Waals surface area contributed by atoms with Gasteiger partial charge in [-0.25, -0.2) is 18.7 Å². The van der Waals surface area contributed by atoms with Crippen LogP contribution < -0.4 is 10.1 Å². The van der Waals surface area contributed by atoms with E-state index >= 15 is 0 Å². The molecule has 2 aromatic carbocycles. The first-order valence-electron chi connectivity index (χ1n) is 12.0. The van der Waals surface area contributed by atoms with Crippen LogP contribution in [0.3, 0.4) is 0 Å². The van der Waals surface area contributed by atoms with Crippen molar-refractivity contribution in [3.8, 4) is 11.8 Å². The fourth-order valence-corrected chi connectivity index (χ4v) is 5.93. The number of fused-ring (bicyclic) bond motifs is 5. The standard InChI is InChI=1S/C27H26F2N4O2/c1-15(18-4-3-5-21-19(18)6-7-27(21,28)29)31-25-20-10-22-24(11-23(20)32-16(2)33-25)35-13-17-12-34-9-8-26(17,22)14-30/h3-5,10-11,15,17H,6-9,12-13H2,1-2H3,(H,31,32,33)/t15-,17?,26?/m1/s1. The molecule has 35 heavy (non-hydrogen) atoms. The number of aryl methyl sites for hydroxylation is 1. The first-order valence-corrected chi connectivity index (χ1v) is 12.0. The van der Waals surface area contributed by atoms with Crippen molar-refractivity contribution >= 4 is 16.7 Å². The number of rotatable bonds is 3. The molecule has 1 saturated heterocycles. The van der Waals surface area contributed by atoms with E-state index in [1.165, 1.54) is 6.07 Å². The Morgan fingerprint density at radius 2 is 2.03 bits per heavy atom. The molecule has 1 fully saturated rings. The van der Waals surface area contributed by atoms with E-state index in [0.29, 0.717) is 55.6 Å². The second kappa shape index (κ2) is 7.85. The highest BCUT2D eigenvalue weighted by atomic mass is 19.3. The number of nitrogens with zero attached hydrogens (tertiary/aromatic N) is 3. The third-order valence-electron chi connectivity index (χ3n) is 7.80. The first-order chi connectivity index (χ1) is 16.8. The van der Waals surface area contributed by atoms with E-state index in [2.05, 4.69) is 21.4 Å². The van der Waals surface area contributed by atoms with Crippen molar-refractivity contribution < 1.29 is 18.3 Å². The molecule has 3 aliphatic rings. The van der Waals surface area contributed by atoms with Crippen LogP contribution in [0.2, 0.25) is 0 Å². The maximum atomic E-state index is 14.3. The summed E-state index contributed by atoms with van der Waals surface area (Å²) in [7, 11) is 0. The van der Waals surface area contributed by atoms with Gasteiger partial charge in [-0.15, -0.1) is 0 Å². The monoisotopic (exact) mass is 476 g/mol. The van der Waals surface area contributed by atoms with E-state index in [-0.39, 0.29) is 23.9 Å². The molecule has 0 amide bonds. The van der Waals surface area contributed by atoms with Crippen LogP contribution in [0.25, 0.3) is 10.9 Å². The normalized spacial score (nSPS) is 25.1. The lowest BCUT2D eigenvalue weighted by atomic mass is 9.67. The van der Waals surface area contributed by atoms with Gasteiger partial charge >= 0.3 is 0 Å². The minimum absolute atomic E-state index is 0.0403. The van der Waals surface area contributed by atoms with Crippen LogP contribution >= 0.6 is 0 Å². The molecule has 1 aliphatic carbocycles. The Kier molecular flexibility index (Phi) is 4.98. The van der Waals surface area contributed by atoms with Gasteiger partial charge in [0.25, 0.3) is 5.92 Å². The van der Waals surface area contributed by atoms with Gasteiger partial charge < -0.3 is 14.8 Å². The number of nitriles is 1. The first kappa shape index (κ1) is 22.2. The lowest BCUT2D eigenvalue weighted by Gasteiger charge is -2.43. The smallest absolute Gasteiger partial charge is 0.273 e. The Bertz CT molecular complexity index is 1390. The molecule has 8 heteroatoms. The molecular formula is C27H26F2N4O2. The van der Waals surface area contributed by atoms with E-state index in [9.17, 15) is 14.0 Å². The highest BCUT2D eigenvalue weighted by Gasteiger charge is 2.48. The van der Waals surface area contributed by atoms with E-state index in [0.717, 1.165) is 22.0 Å². The van der Waals surface area contributed by atoms with Gasteiger partial charge in [-0.2, -0.15) is 5.26 Å². The van der Waals surface area contributed by atoms with Crippen LogP contribution in [0.15, 0.2) is 30.3 Å². The Labute approximate surface area is 202 Å². The largest absolute Gasteiger partial charge is 0.493 e. The average Bonchev–Trinajstić information content (AvgIpc) is 3.17. The predicted molar refractivity (Wildman–Crippen MR) is 127 cm³/mol. The second-order valence-corrected chi connectivity index (χ2v) is 9.84. The van der Waals surface area contributed by atoms with Crippen LogP contribution in [0.4, 0.5) is 14.6 Å². The second-order valence-electron chi connectivity index (χ2n) is 9.84. The van der Waals surface area contributed by atoms with Crippen molar-refractivity contribution in [3.63, 3.8) is 0 Å². The number of alkyl halides is 2. The zero-order chi connectivity index (χ0) is 24.4. The molecule has 180 valence electrons. The van der Waals surface area contributed by atoms with Crippen molar-refractivity contribution in [1.82, 2.24) is 9.97 Å². The summed E-state index contributed by atoms with van der Waals surface area (Å²) in [5.74, 6) is -0.938. The summed E-state index contributed by atoms with van der Waals surface area (Å²) >= 11 is 0. The van der Waals surface area contributed by atoms with Crippen LogP contribution in [0, 0.1) is 24.2 Å². The summed E-state index contributed by atoms with van der Waals surface area (Å²) in [6, 6.07) is 11.3. The van der Waals surface area contributed by atoms with Crippen molar-refractivity contribution in [3.05, 3.63) is 58.4 Å². The summed E-state index contributed by atoms with van der Waals surface area (Å²) < 4.78 is 40.4. The molecule has 6 rings (SSSR count). The molecule has 0 radical (unpaired) electrons. The SMILES string of the molecule is Cc1nc(N[C@H](C)c2cccc3c2CCC3(F)F)c2cc3c(cc2n1)OCC1COCCC31C#N. The summed E-state index contributed by atoms with van der Waals surface area (Å²) in [5.41, 5.74) is 2.57. The summed E-state index contributed by atoms with van der Waals surface area (Å²) in [6.45, 7) is 5.23. The molecule has 3 atom stereocenters. The van der Waals surface area contributed by atoms with Gasteiger partial charge in [0.1, 0.15) is 17.4 Å². The molecule has 3 heterocycles. The molecular weight excluding hydrogens is 450 g/mol. The molecule has 3 aromatic rings. The minimum Gasteiger partial charge on any atom is -0.493 e. The molecule has 1 N–H and O–H groups in total. The van der Waals surface area contributed by atoms with E-state index in [1.807, 2.05) is 32.0 Å². The van der Waals surface area contributed by atoms with E-state index in [4.69, 9.17) is 9.47 Å². The number of aromatic nitrogens is 2. The van der Waals surface area contributed by atoms with Crippen LogP contribution in [-0.4, -0.2) is 29.8 Å². The zero-order valence-electron chi connectivity index (χ0n) is 19.7. The predicted octanol–water partition coefficient (Wildman–Crippen LogP) is 5.34. The number of benzene rings is 2. The highest BCUT2D eigenvalue weighted by Crippen LogP contribution is 2.48. The van der Waals surface area contributed by atoms with E-state index in [1.54, 1.807) is 6.07 Å². The highest BCUT2D eigenvalue weighted by molar-refractivity contribution is 5.91. The number of hydrogen-bond acceptors (Lipinski definition) is 6. The average molecular weight is 477 g/mol. The third kappa shape index (κ3) is 3.36. The quantitative estimate of drug-likeness (QED) is 0.550. The minimum atomic E-state index is -2.78. The number of halogens is 2.